The fraction of sp³-hybridized carbons (Fsp3) is 1.00. The number of nitrogens with zero attached hydrogens (tertiary/aromatic N) is 1. The van der Waals surface area contributed by atoms with Crippen LogP contribution in [-0.4, -0.2) is 48.5 Å². The van der Waals surface area contributed by atoms with Crippen LogP contribution < -0.4 is 0 Å². The van der Waals surface area contributed by atoms with E-state index in [2.05, 4.69) is 25.7 Å². The molecule has 4 unspecified atom stereocenters. The lowest BCUT2D eigenvalue weighted by molar-refractivity contribution is -0.0785. The van der Waals surface area contributed by atoms with Crippen molar-refractivity contribution in [2.24, 2.45) is 16.7 Å². The Morgan fingerprint density at radius 2 is 1.90 bits per heavy atom. The smallest absolute Gasteiger partial charge is 0.0900 e. The lowest BCUT2D eigenvalue weighted by atomic mass is 9.70. The number of likely N-dealkylation sites (tertiary alicyclic amines) is 1. The van der Waals surface area contributed by atoms with Crippen LogP contribution in [0.25, 0.3) is 0 Å². The van der Waals surface area contributed by atoms with Gasteiger partial charge in [0.05, 0.1) is 18.8 Å². The van der Waals surface area contributed by atoms with Gasteiger partial charge in [0.2, 0.25) is 0 Å². The van der Waals surface area contributed by atoms with Crippen LogP contribution in [0.5, 0.6) is 0 Å². The van der Waals surface area contributed by atoms with E-state index in [1.165, 1.54) is 32.1 Å². The van der Waals surface area contributed by atoms with Gasteiger partial charge < -0.3 is 14.7 Å². The summed E-state index contributed by atoms with van der Waals surface area (Å²) in [5.74, 6) is 0.813. The quantitative estimate of drug-likeness (QED) is 0.845. The fourth-order valence-corrected chi connectivity index (χ4v) is 4.93. The van der Waals surface area contributed by atoms with E-state index in [9.17, 15) is 5.11 Å². The molecule has 0 spiro atoms. The molecule has 2 saturated carbocycles. The van der Waals surface area contributed by atoms with E-state index >= 15 is 0 Å². The first-order chi connectivity index (χ1) is 9.43. The van der Waals surface area contributed by atoms with Gasteiger partial charge in [-0.25, -0.2) is 0 Å². The molecule has 21 heavy (non-hydrogen) atoms. The summed E-state index contributed by atoms with van der Waals surface area (Å²) in [6.45, 7) is 10.8. The van der Waals surface area contributed by atoms with Crippen LogP contribution in [-0.2, 0) is 4.74 Å². The monoisotopic (exact) mass is 317 g/mol. The fourth-order valence-electron chi connectivity index (χ4n) is 4.93. The topological polar surface area (TPSA) is 32.7 Å². The predicted octanol–water partition coefficient (Wildman–Crippen LogP) is 3.10. The highest BCUT2D eigenvalue weighted by Gasteiger charge is 2.61. The van der Waals surface area contributed by atoms with E-state index < -0.39 is 0 Å². The van der Waals surface area contributed by atoms with Crippen LogP contribution >= 0.6 is 12.4 Å². The Kier molecular flexibility index (Phi) is 5.30. The normalized spacial score (nSPS) is 39.4. The molecule has 2 aliphatic carbocycles. The van der Waals surface area contributed by atoms with Crippen molar-refractivity contribution >= 4 is 12.4 Å². The average Bonchev–Trinajstić information content (AvgIpc) is 3.01. The van der Waals surface area contributed by atoms with Crippen LogP contribution in [0.1, 0.15) is 52.9 Å². The molecule has 0 aromatic carbocycles. The van der Waals surface area contributed by atoms with Gasteiger partial charge in [-0.2, -0.15) is 0 Å². The lowest BCUT2D eigenvalue weighted by Gasteiger charge is -2.39. The number of aliphatic hydroxyl groups excluding tert-OH is 1. The highest BCUT2D eigenvalue weighted by Crippen LogP contribution is 2.66. The molecular formula is C17H32ClNO2. The van der Waals surface area contributed by atoms with E-state index in [0.717, 1.165) is 25.6 Å². The van der Waals surface area contributed by atoms with Crippen molar-refractivity contribution in [2.75, 3.05) is 26.2 Å². The number of ether oxygens (including phenoxy) is 1. The largest absolute Gasteiger partial charge is 0.389 e. The summed E-state index contributed by atoms with van der Waals surface area (Å²) < 4.78 is 6.17. The molecule has 0 amide bonds. The third-order valence-electron chi connectivity index (χ3n) is 6.87. The molecule has 0 radical (unpaired) electrons. The maximum atomic E-state index is 10.2. The van der Waals surface area contributed by atoms with Gasteiger partial charge in [0.1, 0.15) is 0 Å². The summed E-state index contributed by atoms with van der Waals surface area (Å²) in [6, 6.07) is 0. The highest BCUT2D eigenvalue weighted by atomic mass is 35.5. The third kappa shape index (κ3) is 2.99. The molecule has 3 nitrogen and oxygen atoms in total. The number of halogens is 1. The number of rotatable bonds is 5. The number of hydrogen-bond donors (Lipinski definition) is 1. The van der Waals surface area contributed by atoms with Crippen molar-refractivity contribution in [1.29, 1.82) is 0 Å². The molecule has 4 atom stereocenters. The second-order valence-electron chi connectivity index (χ2n) is 8.09. The molecule has 2 bridgehead atoms. The van der Waals surface area contributed by atoms with Crippen molar-refractivity contribution in [3.05, 3.63) is 0 Å². The molecule has 4 heteroatoms. The summed E-state index contributed by atoms with van der Waals surface area (Å²) in [4.78, 5) is 2.36. The molecule has 3 rings (SSSR count). The summed E-state index contributed by atoms with van der Waals surface area (Å²) in [5, 5.41) is 10.2. The first-order valence-electron chi connectivity index (χ1n) is 8.45. The average molecular weight is 318 g/mol. The zero-order valence-electron chi connectivity index (χ0n) is 13.8. The molecule has 0 aromatic rings. The minimum atomic E-state index is -0.320. The number of β-amino-alcohol motifs (C(OH)–C–C–N with tert-alkyl or cyclic N) is 1. The van der Waals surface area contributed by atoms with Gasteiger partial charge in [-0.3, -0.25) is 0 Å². The minimum absolute atomic E-state index is 0. The summed E-state index contributed by atoms with van der Waals surface area (Å²) in [7, 11) is 0. The van der Waals surface area contributed by atoms with Crippen molar-refractivity contribution in [3.8, 4) is 0 Å². The Labute approximate surface area is 135 Å². The zero-order chi connectivity index (χ0) is 14.4. The Morgan fingerprint density at radius 1 is 1.24 bits per heavy atom. The van der Waals surface area contributed by atoms with E-state index in [0.29, 0.717) is 23.5 Å². The molecule has 124 valence electrons. The summed E-state index contributed by atoms with van der Waals surface area (Å²) in [5.41, 5.74) is 0.711. The molecule has 1 N–H and O–H groups in total. The van der Waals surface area contributed by atoms with Crippen molar-refractivity contribution in [3.63, 3.8) is 0 Å². The first-order valence-corrected chi connectivity index (χ1v) is 8.45. The van der Waals surface area contributed by atoms with E-state index in [1.54, 1.807) is 0 Å². The lowest BCUT2D eigenvalue weighted by Crippen LogP contribution is -2.40. The van der Waals surface area contributed by atoms with E-state index in [-0.39, 0.29) is 18.5 Å². The minimum Gasteiger partial charge on any atom is -0.389 e. The second-order valence-corrected chi connectivity index (χ2v) is 8.09. The molecule has 1 saturated heterocycles. The van der Waals surface area contributed by atoms with E-state index in [4.69, 9.17) is 4.74 Å². The van der Waals surface area contributed by atoms with Crippen molar-refractivity contribution in [1.82, 2.24) is 4.90 Å². The van der Waals surface area contributed by atoms with Gasteiger partial charge in [0, 0.05) is 6.54 Å². The van der Waals surface area contributed by atoms with Gasteiger partial charge in [-0.05, 0) is 61.9 Å². The number of aliphatic hydroxyl groups is 1. The van der Waals surface area contributed by atoms with Crippen LogP contribution in [0, 0.1) is 16.7 Å². The molecule has 0 aromatic heterocycles. The molecule has 1 aliphatic heterocycles. The number of hydrogen-bond acceptors (Lipinski definition) is 3. The zero-order valence-corrected chi connectivity index (χ0v) is 14.6. The standard InChI is InChI=1S/C17H31NO2.ClH/c1-16(2)13-6-7-17(16,3)15(10-13)20-12-14(19)11-18-8-4-5-9-18;/h13-15,19H,4-12H2,1-3H3;1H. The Bertz CT molecular complexity index is 357. The third-order valence-corrected chi connectivity index (χ3v) is 6.87. The van der Waals surface area contributed by atoms with Gasteiger partial charge >= 0.3 is 0 Å². The van der Waals surface area contributed by atoms with Gasteiger partial charge in [0.25, 0.3) is 0 Å². The van der Waals surface area contributed by atoms with Gasteiger partial charge in [0.15, 0.2) is 0 Å². The van der Waals surface area contributed by atoms with Crippen LogP contribution in [0.4, 0.5) is 0 Å². The molecule has 3 fully saturated rings. The molecule has 1 heterocycles. The summed E-state index contributed by atoms with van der Waals surface area (Å²) in [6.07, 6.45) is 6.44. The summed E-state index contributed by atoms with van der Waals surface area (Å²) >= 11 is 0. The number of fused-ring (bicyclic) bond motifs is 2. The van der Waals surface area contributed by atoms with Gasteiger partial charge in [-0.1, -0.05) is 20.8 Å². The SMILES string of the molecule is CC1(C)C2CCC1(C)C(OCC(O)CN1CCCC1)C2.Cl. The van der Waals surface area contributed by atoms with Crippen molar-refractivity contribution < 1.29 is 9.84 Å². The second kappa shape index (κ2) is 6.35. The predicted molar refractivity (Wildman–Crippen MR) is 87.9 cm³/mol. The Balaban J connectivity index is 0.00000161. The van der Waals surface area contributed by atoms with Crippen LogP contribution in [0.15, 0.2) is 0 Å². The Hall–Kier alpha value is 0.170. The Morgan fingerprint density at radius 3 is 2.43 bits per heavy atom. The maximum Gasteiger partial charge on any atom is 0.0900 e. The van der Waals surface area contributed by atoms with E-state index in [1.807, 2.05) is 0 Å². The highest BCUT2D eigenvalue weighted by molar-refractivity contribution is 5.85. The van der Waals surface area contributed by atoms with Crippen molar-refractivity contribution in [2.45, 2.75) is 65.1 Å². The van der Waals surface area contributed by atoms with Gasteiger partial charge in [-0.15, -0.1) is 12.4 Å². The molecule has 3 aliphatic rings. The van der Waals surface area contributed by atoms with Crippen LogP contribution in [0.3, 0.4) is 0 Å². The maximum absolute atomic E-state index is 10.2. The van der Waals surface area contributed by atoms with Crippen LogP contribution in [0.2, 0.25) is 0 Å². The molecular weight excluding hydrogens is 286 g/mol. The first kappa shape index (κ1) is 17.5.